The maximum atomic E-state index is 11.3. The van der Waals surface area contributed by atoms with Crippen LogP contribution < -0.4 is 0 Å². The van der Waals surface area contributed by atoms with Crippen molar-refractivity contribution in [3.63, 3.8) is 0 Å². The summed E-state index contributed by atoms with van der Waals surface area (Å²) in [4.78, 5) is 10.7. The van der Waals surface area contributed by atoms with E-state index < -0.39 is 20.1 Å². The van der Waals surface area contributed by atoms with Crippen LogP contribution >= 0.6 is 7.60 Å². The van der Waals surface area contributed by atoms with Gasteiger partial charge in [-0.15, -0.1) is 6.42 Å². The van der Waals surface area contributed by atoms with Gasteiger partial charge in [0.05, 0.1) is 0 Å². The average molecular weight is 222 g/mol. The van der Waals surface area contributed by atoms with Crippen LogP contribution in [0.3, 0.4) is 0 Å². The minimum atomic E-state index is -3.34. The second-order valence-corrected chi connectivity index (χ2v) is 4.20. The Morgan fingerprint density at radius 1 is 1.36 bits per heavy atom. The molecule has 0 heterocycles. The van der Waals surface area contributed by atoms with Crippen molar-refractivity contribution < 1.29 is 27.9 Å². The molecule has 0 saturated heterocycles. The van der Waals surface area contributed by atoms with Crippen LogP contribution in [-0.2, 0) is 23.1 Å². The number of carbonyl (C=O) groups is 1. The first kappa shape index (κ1) is 13.0. The van der Waals surface area contributed by atoms with Crippen LogP contribution in [0.2, 0.25) is 0 Å². The summed E-state index contributed by atoms with van der Waals surface area (Å²) >= 11 is 0. The van der Waals surface area contributed by atoms with Crippen LogP contribution in [0.5, 0.6) is 0 Å². The molecule has 80 valence electrons. The molecule has 0 saturated carbocycles. The normalized spacial score (nSPS) is 10.4. The third-order valence-electron chi connectivity index (χ3n) is 1.17. The fraction of sp³-hybridized carbons (Fsp3) is 0.571. The number of hydrogen-bond acceptors (Lipinski definition) is 6. The minimum Gasteiger partial charge on any atom is -0.421 e. The number of terminal acetylenes is 1. The monoisotopic (exact) mass is 222 g/mol. The van der Waals surface area contributed by atoms with E-state index in [-0.39, 0.29) is 6.61 Å². The summed E-state index contributed by atoms with van der Waals surface area (Å²) in [6.45, 7) is -0.205. The Labute approximate surface area is 82.0 Å². The molecule has 0 aromatic rings. The van der Waals surface area contributed by atoms with Crippen LogP contribution in [-0.4, -0.2) is 33.3 Å². The number of carbonyl (C=O) groups excluding carboxylic acids is 1. The highest BCUT2D eigenvalue weighted by atomic mass is 31.2. The molecule has 0 aromatic carbocycles. The van der Waals surface area contributed by atoms with Crippen molar-refractivity contribution in [1.82, 2.24) is 0 Å². The molecular weight excluding hydrogens is 211 g/mol. The molecule has 0 atom stereocenters. The van der Waals surface area contributed by atoms with Crippen LogP contribution in [0.4, 0.5) is 4.79 Å². The molecule has 0 fully saturated rings. The van der Waals surface area contributed by atoms with Gasteiger partial charge in [0.25, 0.3) is 0 Å². The van der Waals surface area contributed by atoms with E-state index in [0.717, 1.165) is 0 Å². The predicted molar refractivity (Wildman–Crippen MR) is 47.8 cm³/mol. The van der Waals surface area contributed by atoms with Gasteiger partial charge < -0.3 is 18.5 Å². The fourth-order valence-electron chi connectivity index (χ4n) is 0.454. The molecule has 0 aliphatic heterocycles. The van der Waals surface area contributed by atoms with Crippen LogP contribution in [0, 0.1) is 12.3 Å². The highest BCUT2D eigenvalue weighted by Crippen LogP contribution is 2.46. The van der Waals surface area contributed by atoms with Gasteiger partial charge in [0.2, 0.25) is 0 Å². The molecule has 0 aliphatic rings. The summed E-state index contributed by atoms with van der Waals surface area (Å²) in [5.41, 5.74) is 0. The average Bonchev–Trinajstić information content (AvgIpc) is 2.23. The zero-order chi connectivity index (χ0) is 11.0. The zero-order valence-corrected chi connectivity index (χ0v) is 8.78. The summed E-state index contributed by atoms with van der Waals surface area (Å²) in [6, 6.07) is 0. The Morgan fingerprint density at radius 3 is 2.36 bits per heavy atom. The smallest absolute Gasteiger partial charge is 0.421 e. The van der Waals surface area contributed by atoms with Gasteiger partial charge in [0.1, 0.15) is 0 Å². The van der Waals surface area contributed by atoms with Gasteiger partial charge in [0, 0.05) is 14.2 Å². The Hall–Kier alpha value is -1.02. The molecule has 0 bridgehead atoms. The lowest BCUT2D eigenvalue weighted by molar-refractivity contribution is 0.0712. The Bertz CT molecular complexity index is 260. The van der Waals surface area contributed by atoms with Crippen LogP contribution in [0.15, 0.2) is 0 Å². The van der Waals surface area contributed by atoms with Crippen molar-refractivity contribution in [1.29, 1.82) is 0 Å². The van der Waals surface area contributed by atoms with E-state index >= 15 is 0 Å². The second kappa shape index (κ2) is 6.44. The van der Waals surface area contributed by atoms with Gasteiger partial charge >= 0.3 is 13.8 Å². The molecule has 6 nitrogen and oxygen atoms in total. The van der Waals surface area contributed by atoms with Crippen LogP contribution in [0.1, 0.15) is 0 Å². The number of rotatable bonds is 5. The van der Waals surface area contributed by atoms with Crippen molar-refractivity contribution in [2.45, 2.75) is 0 Å². The minimum absolute atomic E-state index is 0.205. The molecular formula is C7H11O6P. The molecule has 7 heteroatoms. The number of hydrogen-bond donors (Lipinski definition) is 0. The summed E-state index contributed by atoms with van der Waals surface area (Å²) < 4.78 is 29.1. The van der Waals surface area contributed by atoms with E-state index in [1.807, 2.05) is 0 Å². The third kappa shape index (κ3) is 4.87. The van der Waals surface area contributed by atoms with Crippen LogP contribution in [0.25, 0.3) is 0 Å². The van der Waals surface area contributed by atoms with E-state index in [4.69, 9.17) is 6.42 Å². The van der Waals surface area contributed by atoms with E-state index in [0.29, 0.717) is 0 Å². The van der Waals surface area contributed by atoms with Gasteiger partial charge in [-0.05, 0) is 0 Å². The Kier molecular flexibility index (Phi) is 5.97. The van der Waals surface area contributed by atoms with Crippen molar-refractivity contribution in [2.75, 3.05) is 27.2 Å². The lowest BCUT2D eigenvalue weighted by Gasteiger charge is -2.12. The summed E-state index contributed by atoms with van der Waals surface area (Å²) in [7, 11) is -0.980. The maximum Gasteiger partial charge on any atom is 0.509 e. The summed E-state index contributed by atoms with van der Waals surface area (Å²) in [6.07, 6.45) is 3.30. The predicted octanol–water partition coefficient (Wildman–Crippen LogP) is 1.22. The SMILES string of the molecule is C#CCOC(=O)OCP(=O)(OC)OC. The molecule has 0 aliphatic carbocycles. The number of ether oxygens (including phenoxy) is 2. The first-order valence-corrected chi connectivity index (χ1v) is 5.24. The van der Waals surface area contributed by atoms with Gasteiger partial charge in [-0.3, -0.25) is 4.57 Å². The van der Waals surface area contributed by atoms with Crippen molar-refractivity contribution in [2.24, 2.45) is 0 Å². The molecule has 0 rings (SSSR count). The molecule has 0 N–H and O–H groups in total. The largest absolute Gasteiger partial charge is 0.509 e. The third-order valence-corrected chi connectivity index (χ3v) is 2.73. The van der Waals surface area contributed by atoms with Crippen molar-refractivity contribution in [3.8, 4) is 12.3 Å². The highest BCUT2D eigenvalue weighted by Gasteiger charge is 2.23. The van der Waals surface area contributed by atoms with Gasteiger partial charge in [-0.25, -0.2) is 4.79 Å². The molecule has 0 radical (unpaired) electrons. The van der Waals surface area contributed by atoms with Crippen molar-refractivity contribution in [3.05, 3.63) is 0 Å². The highest BCUT2D eigenvalue weighted by molar-refractivity contribution is 7.53. The second-order valence-electron chi connectivity index (χ2n) is 1.99. The Balaban J connectivity index is 3.88. The first-order valence-electron chi connectivity index (χ1n) is 3.51. The molecule has 0 amide bonds. The lowest BCUT2D eigenvalue weighted by atomic mass is 10.8. The fourth-order valence-corrected chi connectivity index (χ4v) is 1.08. The first-order chi connectivity index (χ1) is 6.58. The molecule has 0 aromatic heterocycles. The lowest BCUT2D eigenvalue weighted by Crippen LogP contribution is -2.10. The summed E-state index contributed by atoms with van der Waals surface area (Å²) in [5, 5.41) is 0. The topological polar surface area (TPSA) is 71.1 Å². The maximum absolute atomic E-state index is 11.3. The standard InChI is InChI=1S/C7H11O6P/c1-4-5-12-7(8)13-6-14(9,10-2)11-3/h1H,5-6H2,2-3H3. The van der Waals surface area contributed by atoms with E-state index in [9.17, 15) is 9.36 Å². The molecule has 0 spiro atoms. The van der Waals surface area contributed by atoms with E-state index in [1.54, 1.807) is 0 Å². The molecule has 0 unspecified atom stereocenters. The Morgan fingerprint density at radius 2 is 1.93 bits per heavy atom. The van der Waals surface area contributed by atoms with E-state index in [2.05, 4.69) is 24.4 Å². The van der Waals surface area contributed by atoms with Crippen molar-refractivity contribution >= 4 is 13.8 Å². The van der Waals surface area contributed by atoms with Gasteiger partial charge in [-0.1, -0.05) is 5.92 Å². The molecule has 14 heavy (non-hydrogen) atoms. The van der Waals surface area contributed by atoms with Gasteiger partial charge in [-0.2, -0.15) is 0 Å². The van der Waals surface area contributed by atoms with E-state index in [1.165, 1.54) is 14.2 Å². The zero-order valence-electron chi connectivity index (χ0n) is 7.89. The summed E-state index contributed by atoms with van der Waals surface area (Å²) in [5.74, 6) is 2.07. The van der Waals surface area contributed by atoms with Gasteiger partial charge in [0.15, 0.2) is 13.0 Å². The quantitative estimate of drug-likeness (QED) is 0.395.